The molecular formula is C13H19ClN2O3S. The van der Waals surface area contributed by atoms with E-state index in [9.17, 15) is 13.2 Å². The zero-order chi connectivity index (χ0) is 15.5. The molecule has 0 aliphatic carbocycles. The third-order valence-corrected chi connectivity index (χ3v) is 4.57. The number of carbonyl (C=O) groups is 1. The van der Waals surface area contributed by atoms with Gasteiger partial charge in [0.2, 0.25) is 10.0 Å². The summed E-state index contributed by atoms with van der Waals surface area (Å²) in [5.74, 6) is -0.266. The number of nitrogens with one attached hydrogen (secondary N) is 1. The predicted molar refractivity (Wildman–Crippen MR) is 81.9 cm³/mol. The number of carbonyl (C=O) groups excluding carboxylic acids is 1. The van der Waals surface area contributed by atoms with Crippen LogP contribution in [0.4, 0.5) is 5.69 Å². The van der Waals surface area contributed by atoms with Crippen LogP contribution in [0.15, 0.2) is 18.2 Å². The molecule has 0 aromatic heterocycles. The van der Waals surface area contributed by atoms with Crippen molar-refractivity contribution < 1.29 is 13.2 Å². The zero-order valence-corrected chi connectivity index (χ0v) is 13.5. The van der Waals surface area contributed by atoms with Crippen LogP contribution in [-0.2, 0) is 10.0 Å². The van der Waals surface area contributed by atoms with Gasteiger partial charge in [-0.25, -0.2) is 8.42 Å². The molecule has 7 heteroatoms. The number of hydrogen-bond donors (Lipinski definition) is 1. The van der Waals surface area contributed by atoms with E-state index in [-0.39, 0.29) is 17.0 Å². The standard InChI is InChI=1S/C13H19ClN2O3S/c1-5-9(2)15-13(17)11-7-6-10(8-12(11)14)16(3)20(4,18)19/h6-9H,5H2,1-4H3,(H,15,17)/t9-/m0/s1. The maximum atomic E-state index is 12.0. The summed E-state index contributed by atoms with van der Waals surface area (Å²) in [6, 6.07) is 4.60. The van der Waals surface area contributed by atoms with Gasteiger partial charge in [0.25, 0.3) is 5.91 Å². The van der Waals surface area contributed by atoms with E-state index in [0.29, 0.717) is 11.3 Å². The van der Waals surface area contributed by atoms with E-state index >= 15 is 0 Å². The lowest BCUT2D eigenvalue weighted by Gasteiger charge is -2.18. The number of sulfonamides is 1. The molecule has 1 rings (SSSR count). The number of amides is 1. The van der Waals surface area contributed by atoms with Gasteiger partial charge in [-0.1, -0.05) is 18.5 Å². The van der Waals surface area contributed by atoms with Crippen molar-refractivity contribution in [2.24, 2.45) is 0 Å². The molecular weight excluding hydrogens is 300 g/mol. The fourth-order valence-electron chi connectivity index (χ4n) is 1.48. The molecule has 0 aliphatic rings. The number of benzene rings is 1. The Bertz CT molecular complexity index is 602. The van der Waals surface area contributed by atoms with Crippen LogP contribution in [0, 0.1) is 0 Å². The molecule has 1 amide bonds. The third kappa shape index (κ3) is 4.11. The Morgan fingerprint density at radius 1 is 1.45 bits per heavy atom. The van der Waals surface area contributed by atoms with Crippen LogP contribution in [-0.4, -0.2) is 33.7 Å². The summed E-state index contributed by atoms with van der Waals surface area (Å²) >= 11 is 6.06. The highest BCUT2D eigenvalue weighted by Gasteiger charge is 2.16. The van der Waals surface area contributed by atoms with Crippen LogP contribution in [0.2, 0.25) is 5.02 Å². The molecule has 0 bridgehead atoms. The Morgan fingerprint density at radius 3 is 2.50 bits per heavy atom. The van der Waals surface area contributed by atoms with Gasteiger partial charge in [0.15, 0.2) is 0 Å². The van der Waals surface area contributed by atoms with Crippen LogP contribution in [0.5, 0.6) is 0 Å². The number of halogens is 1. The molecule has 1 aromatic carbocycles. The largest absolute Gasteiger partial charge is 0.350 e. The molecule has 1 N–H and O–H groups in total. The average molecular weight is 319 g/mol. The van der Waals surface area contributed by atoms with E-state index < -0.39 is 10.0 Å². The van der Waals surface area contributed by atoms with Crippen molar-refractivity contribution in [2.45, 2.75) is 26.3 Å². The minimum absolute atomic E-state index is 0.0527. The number of hydrogen-bond acceptors (Lipinski definition) is 3. The monoisotopic (exact) mass is 318 g/mol. The lowest BCUT2D eigenvalue weighted by Crippen LogP contribution is -2.32. The first-order valence-corrected chi connectivity index (χ1v) is 8.43. The van der Waals surface area contributed by atoms with E-state index in [4.69, 9.17) is 11.6 Å². The van der Waals surface area contributed by atoms with Gasteiger partial charge in [0.1, 0.15) is 0 Å². The first-order chi connectivity index (χ1) is 9.16. The van der Waals surface area contributed by atoms with Crippen molar-refractivity contribution in [3.05, 3.63) is 28.8 Å². The highest BCUT2D eigenvalue weighted by atomic mass is 35.5. The second-order valence-corrected chi connectivity index (χ2v) is 7.10. The minimum Gasteiger partial charge on any atom is -0.350 e. The topological polar surface area (TPSA) is 66.5 Å². The highest BCUT2D eigenvalue weighted by Crippen LogP contribution is 2.24. The summed E-state index contributed by atoms with van der Waals surface area (Å²) in [4.78, 5) is 12.0. The molecule has 0 unspecified atom stereocenters. The Balaban J connectivity index is 3.03. The zero-order valence-electron chi connectivity index (χ0n) is 12.0. The lowest BCUT2D eigenvalue weighted by atomic mass is 10.1. The number of nitrogens with zero attached hydrogens (tertiary/aromatic N) is 1. The molecule has 0 aliphatic heterocycles. The van der Waals surface area contributed by atoms with Gasteiger partial charge in [-0.3, -0.25) is 9.10 Å². The second-order valence-electron chi connectivity index (χ2n) is 4.68. The Kier molecular flexibility index (Phi) is 5.42. The molecule has 0 fully saturated rings. The van der Waals surface area contributed by atoms with Gasteiger partial charge in [-0.05, 0) is 31.5 Å². The normalized spacial score (nSPS) is 12.8. The van der Waals surface area contributed by atoms with Gasteiger partial charge in [-0.2, -0.15) is 0 Å². The van der Waals surface area contributed by atoms with Gasteiger partial charge >= 0.3 is 0 Å². The molecule has 0 heterocycles. The average Bonchev–Trinajstić information content (AvgIpc) is 2.36. The van der Waals surface area contributed by atoms with E-state index in [2.05, 4.69) is 5.32 Å². The van der Waals surface area contributed by atoms with Crippen molar-refractivity contribution >= 4 is 33.2 Å². The van der Waals surface area contributed by atoms with E-state index in [1.165, 1.54) is 19.2 Å². The number of anilines is 1. The van der Waals surface area contributed by atoms with Crippen LogP contribution < -0.4 is 9.62 Å². The highest BCUT2D eigenvalue weighted by molar-refractivity contribution is 7.92. The molecule has 0 radical (unpaired) electrons. The van der Waals surface area contributed by atoms with Gasteiger partial charge < -0.3 is 5.32 Å². The SMILES string of the molecule is CC[C@H](C)NC(=O)c1ccc(N(C)S(C)(=O)=O)cc1Cl. The molecule has 20 heavy (non-hydrogen) atoms. The minimum atomic E-state index is -3.35. The van der Waals surface area contributed by atoms with Crippen molar-refractivity contribution in [1.29, 1.82) is 0 Å². The third-order valence-electron chi connectivity index (χ3n) is 3.05. The first-order valence-electron chi connectivity index (χ1n) is 6.21. The van der Waals surface area contributed by atoms with E-state index in [1.807, 2.05) is 13.8 Å². The fourth-order valence-corrected chi connectivity index (χ4v) is 2.24. The summed E-state index contributed by atoms with van der Waals surface area (Å²) < 4.78 is 24.0. The molecule has 0 saturated carbocycles. The van der Waals surface area contributed by atoms with Crippen molar-refractivity contribution in [3.8, 4) is 0 Å². The maximum absolute atomic E-state index is 12.0. The Hall–Kier alpha value is -1.27. The van der Waals surface area contributed by atoms with Crippen LogP contribution in [0.1, 0.15) is 30.6 Å². The van der Waals surface area contributed by atoms with Crippen LogP contribution >= 0.6 is 11.6 Å². The molecule has 1 aromatic rings. The summed E-state index contributed by atoms with van der Waals surface area (Å²) in [7, 11) is -1.92. The quantitative estimate of drug-likeness (QED) is 0.905. The summed E-state index contributed by atoms with van der Waals surface area (Å²) in [5.41, 5.74) is 0.746. The molecule has 112 valence electrons. The fraction of sp³-hybridized carbons (Fsp3) is 0.462. The van der Waals surface area contributed by atoms with Crippen molar-refractivity contribution in [3.63, 3.8) is 0 Å². The van der Waals surface area contributed by atoms with E-state index in [0.717, 1.165) is 17.0 Å². The van der Waals surface area contributed by atoms with Crippen molar-refractivity contribution in [1.82, 2.24) is 5.32 Å². The van der Waals surface area contributed by atoms with Gasteiger partial charge in [-0.15, -0.1) is 0 Å². The molecule has 0 spiro atoms. The summed E-state index contributed by atoms with van der Waals surface area (Å²) in [6.45, 7) is 3.87. The predicted octanol–water partition coefficient (Wildman–Crippen LogP) is 2.26. The smallest absolute Gasteiger partial charge is 0.253 e. The molecule has 5 nitrogen and oxygen atoms in total. The van der Waals surface area contributed by atoms with Gasteiger partial charge in [0.05, 0.1) is 22.5 Å². The molecule has 1 atom stereocenters. The first kappa shape index (κ1) is 16.8. The lowest BCUT2D eigenvalue weighted by molar-refractivity contribution is 0.0939. The maximum Gasteiger partial charge on any atom is 0.253 e. The van der Waals surface area contributed by atoms with Gasteiger partial charge in [0, 0.05) is 13.1 Å². The Morgan fingerprint density at radius 2 is 2.05 bits per heavy atom. The molecule has 0 saturated heterocycles. The summed E-state index contributed by atoms with van der Waals surface area (Å²) in [5, 5.41) is 3.03. The van der Waals surface area contributed by atoms with E-state index in [1.54, 1.807) is 6.07 Å². The van der Waals surface area contributed by atoms with Crippen LogP contribution in [0.3, 0.4) is 0 Å². The Labute approximate surface area is 125 Å². The summed E-state index contributed by atoms with van der Waals surface area (Å²) in [6.07, 6.45) is 1.92. The number of rotatable bonds is 5. The van der Waals surface area contributed by atoms with Crippen LogP contribution in [0.25, 0.3) is 0 Å². The van der Waals surface area contributed by atoms with Crippen molar-refractivity contribution in [2.75, 3.05) is 17.6 Å². The second kappa shape index (κ2) is 6.45.